The van der Waals surface area contributed by atoms with E-state index in [1.54, 1.807) is 6.92 Å². The lowest BCUT2D eigenvalue weighted by atomic mass is 10.1. The molecule has 0 aliphatic carbocycles. The summed E-state index contributed by atoms with van der Waals surface area (Å²) in [6.07, 6.45) is 0. The third-order valence-corrected chi connectivity index (χ3v) is 2.57. The summed E-state index contributed by atoms with van der Waals surface area (Å²) in [7, 11) is 0. The monoisotopic (exact) mass is 258 g/mol. The fourth-order valence-electron chi connectivity index (χ4n) is 1.30. The largest absolute Gasteiger partial charge is 0.323 e. The van der Waals surface area contributed by atoms with Crippen LogP contribution in [0.25, 0.3) is 0 Å². The minimum Gasteiger partial charge on any atom is -0.323 e. The molecule has 5 heteroatoms. The minimum absolute atomic E-state index is 0.117. The van der Waals surface area contributed by atoms with Crippen molar-refractivity contribution in [1.82, 2.24) is 5.32 Å². The zero-order valence-corrected chi connectivity index (χ0v) is 10.6. The van der Waals surface area contributed by atoms with Gasteiger partial charge in [-0.05, 0) is 24.7 Å². The van der Waals surface area contributed by atoms with E-state index in [0.717, 1.165) is 6.54 Å². The molecule has 2 N–H and O–H groups in total. The molecule has 0 aromatic heterocycles. The molecule has 0 radical (unpaired) electrons. The molecule has 17 heavy (non-hydrogen) atoms. The Labute approximate surface area is 105 Å². The van der Waals surface area contributed by atoms with Crippen molar-refractivity contribution in [2.45, 2.75) is 13.8 Å². The summed E-state index contributed by atoms with van der Waals surface area (Å²) in [5.74, 6) is -0.946. The van der Waals surface area contributed by atoms with Gasteiger partial charge < -0.3 is 10.6 Å². The molecule has 0 saturated carbocycles. The molecule has 0 heterocycles. The summed E-state index contributed by atoms with van der Waals surface area (Å²) in [5, 5.41) is 5.97. The number of anilines is 1. The van der Waals surface area contributed by atoms with Crippen LogP contribution in [0.15, 0.2) is 18.2 Å². The van der Waals surface area contributed by atoms with Crippen molar-refractivity contribution in [3.05, 3.63) is 29.0 Å². The Morgan fingerprint density at radius 2 is 2.24 bits per heavy atom. The first-order valence-electron chi connectivity index (χ1n) is 5.51. The second-order valence-corrected chi connectivity index (χ2v) is 4.26. The summed E-state index contributed by atoms with van der Waals surface area (Å²) in [6, 6.07) is 4.07. The molecule has 1 rings (SSSR count). The Morgan fingerprint density at radius 1 is 1.53 bits per heavy atom. The van der Waals surface area contributed by atoms with Gasteiger partial charge in [0.2, 0.25) is 5.91 Å². The van der Waals surface area contributed by atoms with Crippen LogP contribution in [0.5, 0.6) is 0 Å². The number of nitrogens with one attached hydrogen (secondary N) is 2. The number of carbonyl (C=O) groups is 1. The summed E-state index contributed by atoms with van der Waals surface area (Å²) < 4.78 is 13.4. The van der Waals surface area contributed by atoms with E-state index in [2.05, 4.69) is 10.6 Å². The zero-order valence-electron chi connectivity index (χ0n) is 9.89. The van der Waals surface area contributed by atoms with Gasteiger partial charge in [0.05, 0.1) is 5.69 Å². The molecule has 1 unspecified atom stereocenters. The van der Waals surface area contributed by atoms with E-state index in [0.29, 0.717) is 11.6 Å². The third kappa shape index (κ3) is 4.32. The highest BCUT2D eigenvalue weighted by Gasteiger charge is 2.14. The molecular weight excluding hydrogens is 243 g/mol. The van der Waals surface area contributed by atoms with Crippen LogP contribution in [0.2, 0.25) is 5.02 Å². The van der Waals surface area contributed by atoms with Crippen molar-refractivity contribution < 1.29 is 9.18 Å². The van der Waals surface area contributed by atoms with Crippen LogP contribution >= 0.6 is 11.6 Å². The topological polar surface area (TPSA) is 41.1 Å². The highest BCUT2D eigenvalue weighted by molar-refractivity contribution is 6.30. The average Bonchev–Trinajstić information content (AvgIpc) is 2.30. The molecule has 1 atom stereocenters. The van der Waals surface area contributed by atoms with Gasteiger partial charge in [0.25, 0.3) is 0 Å². The maximum atomic E-state index is 13.4. The smallest absolute Gasteiger partial charge is 0.228 e. The number of halogens is 2. The summed E-state index contributed by atoms with van der Waals surface area (Å²) in [5.41, 5.74) is 0.117. The van der Waals surface area contributed by atoms with Gasteiger partial charge in [0, 0.05) is 17.5 Å². The van der Waals surface area contributed by atoms with Gasteiger partial charge in [-0.15, -0.1) is 0 Å². The predicted molar refractivity (Wildman–Crippen MR) is 67.7 cm³/mol. The van der Waals surface area contributed by atoms with Crippen LogP contribution < -0.4 is 10.6 Å². The standard InChI is InChI=1S/C12H16ClFN2O/c1-3-15-7-8(2)12(17)16-11-6-9(13)4-5-10(11)14/h4-6,8,15H,3,7H2,1-2H3,(H,16,17). The third-order valence-electron chi connectivity index (χ3n) is 2.33. The highest BCUT2D eigenvalue weighted by atomic mass is 35.5. The van der Waals surface area contributed by atoms with Gasteiger partial charge in [-0.2, -0.15) is 0 Å². The van der Waals surface area contributed by atoms with Gasteiger partial charge in [-0.25, -0.2) is 4.39 Å². The van der Waals surface area contributed by atoms with Crippen LogP contribution in [0.4, 0.5) is 10.1 Å². The fraction of sp³-hybridized carbons (Fsp3) is 0.417. The van der Waals surface area contributed by atoms with Crippen molar-refractivity contribution in [2.75, 3.05) is 18.4 Å². The van der Waals surface area contributed by atoms with Crippen molar-refractivity contribution in [1.29, 1.82) is 0 Å². The number of hydrogen-bond acceptors (Lipinski definition) is 2. The van der Waals surface area contributed by atoms with E-state index in [1.807, 2.05) is 6.92 Å². The lowest BCUT2D eigenvalue weighted by Gasteiger charge is -2.13. The molecular formula is C12H16ClFN2O. The molecule has 3 nitrogen and oxygen atoms in total. The highest BCUT2D eigenvalue weighted by Crippen LogP contribution is 2.19. The number of hydrogen-bond donors (Lipinski definition) is 2. The number of benzene rings is 1. The van der Waals surface area contributed by atoms with Crippen LogP contribution in [0.3, 0.4) is 0 Å². The SMILES string of the molecule is CCNCC(C)C(=O)Nc1cc(Cl)ccc1F. The van der Waals surface area contributed by atoms with E-state index < -0.39 is 5.82 Å². The van der Waals surface area contributed by atoms with E-state index >= 15 is 0 Å². The Morgan fingerprint density at radius 3 is 2.88 bits per heavy atom. The molecule has 0 saturated heterocycles. The number of rotatable bonds is 5. The first-order chi connectivity index (χ1) is 8.04. The van der Waals surface area contributed by atoms with E-state index in [4.69, 9.17) is 11.6 Å². The van der Waals surface area contributed by atoms with Crippen LogP contribution in [-0.2, 0) is 4.79 Å². The fourth-order valence-corrected chi connectivity index (χ4v) is 1.47. The number of amides is 1. The quantitative estimate of drug-likeness (QED) is 0.853. The predicted octanol–water partition coefficient (Wildman–Crippen LogP) is 2.66. The second kappa shape index (κ2) is 6.57. The van der Waals surface area contributed by atoms with Gasteiger partial charge >= 0.3 is 0 Å². The molecule has 1 amide bonds. The maximum Gasteiger partial charge on any atom is 0.228 e. The molecule has 94 valence electrons. The molecule has 1 aromatic rings. The van der Waals surface area contributed by atoms with Crippen molar-refractivity contribution in [3.8, 4) is 0 Å². The lowest BCUT2D eigenvalue weighted by molar-refractivity contribution is -0.119. The van der Waals surface area contributed by atoms with Crippen molar-refractivity contribution in [3.63, 3.8) is 0 Å². The van der Waals surface area contributed by atoms with E-state index in [1.165, 1.54) is 18.2 Å². The van der Waals surface area contributed by atoms with E-state index in [9.17, 15) is 9.18 Å². The summed E-state index contributed by atoms with van der Waals surface area (Å²) >= 11 is 5.73. The Balaban J connectivity index is 2.64. The molecule has 0 bridgehead atoms. The zero-order chi connectivity index (χ0) is 12.8. The van der Waals surface area contributed by atoms with Gasteiger partial charge in [0.15, 0.2) is 0 Å². The first-order valence-corrected chi connectivity index (χ1v) is 5.89. The van der Waals surface area contributed by atoms with Crippen molar-refractivity contribution >= 4 is 23.2 Å². The summed E-state index contributed by atoms with van der Waals surface area (Å²) in [4.78, 5) is 11.7. The lowest BCUT2D eigenvalue weighted by Crippen LogP contribution is -2.30. The van der Waals surface area contributed by atoms with Crippen LogP contribution in [-0.4, -0.2) is 19.0 Å². The second-order valence-electron chi connectivity index (χ2n) is 3.82. The molecule has 0 fully saturated rings. The Kier molecular flexibility index (Phi) is 5.38. The van der Waals surface area contributed by atoms with Gasteiger partial charge in [-0.1, -0.05) is 25.4 Å². The Hall–Kier alpha value is -1.13. The van der Waals surface area contributed by atoms with Crippen LogP contribution in [0, 0.1) is 11.7 Å². The first kappa shape index (κ1) is 13.9. The van der Waals surface area contributed by atoms with E-state index in [-0.39, 0.29) is 17.5 Å². The molecule has 0 aliphatic heterocycles. The maximum absolute atomic E-state index is 13.4. The normalized spacial score (nSPS) is 12.2. The average molecular weight is 259 g/mol. The van der Waals surface area contributed by atoms with Gasteiger partial charge in [-0.3, -0.25) is 4.79 Å². The molecule has 0 spiro atoms. The summed E-state index contributed by atoms with van der Waals surface area (Å²) in [6.45, 7) is 5.09. The van der Waals surface area contributed by atoms with Crippen LogP contribution in [0.1, 0.15) is 13.8 Å². The Bertz CT molecular complexity index is 398. The van der Waals surface area contributed by atoms with Crippen molar-refractivity contribution in [2.24, 2.45) is 5.92 Å². The van der Waals surface area contributed by atoms with Gasteiger partial charge in [0.1, 0.15) is 5.82 Å². The number of carbonyl (C=O) groups excluding carboxylic acids is 1. The molecule has 1 aromatic carbocycles. The molecule has 0 aliphatic rings. The minimum atomic E-state index is -0.488.